The number of ether oxygens (including phenoxy) is 2. The van der Waals surface area contributed by atoms with E-state index in [1.165, 1.54) is 14.2 Å². The Kier molecular flexibility index (Phi) is 6.62. The number of halogens is 2. The molecule has 0 N–H and O–H groups in total. The second kappa shape index (κ2) is 9.16. The zero-order valence-electron chi connectivity index (χ0n) is 15.9. The summed E-state index contributed by atoms with van der Waals surface area (Å²) >= 11 is 12.2. The van der Waals surface area contributed by atoms with E-state index in [1.54, 1.807) is 35.5 Å². The van der Waals surface area contributed by atoms with Crippen LogP contribution in [0.15, 0.2) is 72.1 Å². The Morgan fingerprint density at radius 1 is 0.897 bits per heavy atom. The molecule has 0 amide bonds. The summed E-state index contributed by atoms with van der Waals surface area (Å²) in [5.41, 5.74) is 2.24. The molecule has 0 aliphatic carbocycles. The summed E-state index contributed by atoms with van der Waals surface area (Å²) in [7, 11) is 2.60. The molecule has 0 aromatic heterocycles. The average molecular weight is 432 g/mol. The molecule has 2 aromatic carbocycles. The van der Waals surface area contributed by atoms with E-state index in [9.17, 15) is 9.59 Å². The van der Waals surface area contributed by atoms with Crippen molar-refractivity contribution in [2.45, 2.75) is 12.5 Å². The highest BCUT2D eigenvalue weighted by Crippen LogP contribution is 2.39. The number of esters is 2. The topological polar surface area (TPSA) is 55.8 Å². The number of methoxy groups -OCH3 is 2. The van der Waals surface area contributed by atoms with Gasteiger partial charge in [-0.2, -0.15) is 0 Å². The lowest BCUT2D eigenvalue weighted by molar-refractivity contribution is -0.137. The monoisotopic (exact) mass is 431 g/mol. The van der Waals surface area contributed by atoms with Crippen LogP contribution in [0.4, 0.5) is 0 Å². The van der Waals surface area contributed by atoms with Gasteiger partial charge in [0.15, 0.2) is 0 Å². The minimum atomic E-state index is -0.698. The average Bonchev–Trinajstić information content (AvgIpc) is 2.74. The molecular weight excluding hydrogens is 413 g/mol. The standard InChI is InChI=1S/C22H19Cl2NO4/c1-28-21(26)16-12-25(11-14-6-4-3-5-7-14)13-17(22(27)29-2)20(16)15-8-9-18(23)19(24)10-15/h3-10,12-13,20H,11H2,1-2H3. The van der Waals surface area contributed by atoms with Crippen LogP contribution in [0, 0.1) is 0 Å². The van der Waals surface area contributed by atoms with Crippen LogP contribution in [-0.2, 0) is 25.6 Å². The summed E-state index contributed by atoms with van der Waals surface area (Å²) in [5, 5.41) is 0.702. The third kappa shape index (κ3) is 4.63. The zero-order valence-corrected chi connectivity index (χ0v) is 17.4. The Morgan fingerprint density at radius 2 is 1.48 bits per heavy atom. The molecule has 0 spiro atoms. The van der Waals surface area contributed by atoms with Gasteiger partial charge >= 0.3 is 11.9 Å². The predicted octanol–water partition coefficient (Wildman–Crippen LogP) is 4.71. The second-order valence-electron chi connectivity index (χ2n) is 6.42. The third-order valence-electron chi connectivity index (χ3n) is 4.56. The van der Waals surface area contributed by atoms with Crippen molar-refractivity contribution in [1.29, 1.82) is 0 Å². The fourth-order valence-electron chi connectivity index (χ4n) is 3.22. The SMILES string of the molecule is COC(=O)C1=CN(Cc2ccccc2)C=C(C(=O)OC)C1c1ccc(Cl)c(Cl)c1. The molecule has 0 bridgehead atoms. The first kappa shape index (κ1) is 21.0. The van der Waals surface area contributed by atoms with Gasteiger partial charge < -0.3 is 14.4 Å². The quantitative estimate of drug-likeness (QED) is 0.641. The van der Waals surface area contributed by atoms with Gasteiger partial charge in [0, 0.05) is 18.9 Å². The van der Waals surface area contributed by atoms with Crippen LogP contribution < -0.4 is 0 Å². The van der Waals surface area contributed by atoms with Crippen LogP contribution in [0.5, 0.6) is 0 Å². The molecule has 0 unspecified atom stereocenters. The van der Waals surface area contributed by atoms with Gasteiger partial charge in [-0.05, 0) is 23.3 Å². The first-order valence-electron chi connectivity index (χ1n) is 8.79. The van der Waals surface area contributed by atoms with Crippen molar-refractivity contribution in [3.8, 4) is 0 Å². The van der Waals surface area contributed by atoms with Gasteiger partial charge in [0.2, 0.25) is 0 Å². The van der Waals surface area contributed by atoms with Crippen LogP contribution in [0.3, 0.4) is 0 Å². The molecule has 2 aromatic rings. The molecule has 0 radical (unpaired) electrons. The van der Waals surface area contributed by atoms with Crippen molar-refractivity contribution in [1.82, 2.24) is 4.90 Å². The van der Waals surface area contributed by atoms with Crippen molar-refractivity contribution >= 4 is 35.1 Å². The molecule has 7 heteroatoms. The molecule has 1 aliphatic heterocycles. The normalized spacial score (nSPS) is 14.1. The van der Waals surface area contributed by atoms with Gasteiger partial charge in [0.1, 0.15) is 0 Å². The lowest BCUT2D eigenvalue weighted by Crippen LogP contribution is -2.28. The Bertz CT molecular complexity index is 952. The molecule has 3 rings (SSSR count). The maximum atomic E-state index is 12.6. The van der Waals surface area contributed by atoms with E-state index in [0.29, 0.717) is 33.3 Å². The van der Waals surface area contributed by atoms with Crippen molar-refractivity contribution in [2.24, 2.45) is 0 Å². The number of hydrogen-bond donors (Lipinski definition) is 0. The highest BCUT2D eigenvalue weighted by atomic mass is 35.5. The highest BCUT2D eigenvalue weighted by Gasteiger charge is 2.35. The van der Waals surface area contributed by atoms with E-state index in [2.05, 4.69) is 0 Å². The highest BCUT2D eigenvalue weighted by molar-refractivity contribution is 6.42. The minimum absolute atomic E-state index is 0.296. The minimum Gasteiger partial charge on any atom is -0.466 e. The molecule has 29 heavy (non-hydrogen) atoms. The van der Waals surface area contributed by atoms with Crippen molar-refractivity contribution in [3.63, 3.8) is 0 Å². The van der Waals surface area contributed by atoms with Crippen molar-refractivity contribution in [2.75, 3.05) is 14.2 Å². The summed E-state index contributed by atoms with van der Waals surface area (Å²) < 4.78 is 9.97. The van der Waals surface area contributed by atoms with Gasteiger partial charge in [-0.25, -0.2) is 9.59 Å². The lowest BCUT2D eigenvalue weighted by atomic mass is 9.83. The van der Waals surface area contributed by atoms with E-state index in [1.807, 2.05) is 30.3 Å². The number of rotatable bonds is 5. The number of carbonyl (C=O) groups is 2. The van der Waals surface area contributed by atoms with Crippen LogP contribution in [-0.4, -0.2) is 31.1 Å². The third-order valence-corrected chi connectivity index (χ3v) is 5.30. The van der Waals surface area contributed by atoms with Gasteiger partial charge in [-0.15, -0.1) is 0 Å². The molecule has 0 fully saturated rings. The van der Waals surface area contributed by atoms with Crippen molar-refractivity contribution < 1.29 is 19.1 Å². The number of benzene rings is 2. The molecule has 5 nitrogen and oxygen atoms in total. The lowest BCUT2D eigenvalue weighted by Gasteiger charge is -2.30. The first-order chi connectivity index (χ1) is 13.9. The van der Waals surface area contributed by atoms with Gasteiger partial charge in [-0.3, -0.25) is 0 Å². The summed E-state index contributed by atoms with van der Waals surface area (Å²) in [5.74, 6) is -1.79. The zero-order chi connectivity index (χ0) is 21.0. The van der Waals surface area contributed by atoms with E-state index < -0.39 is 17.9 Å². The Balaban J connectivity index is 2.10. The molecule has 1 aliphatic rings. The van der Waals surface area contributed by atoms with E-state index in [0.717, 1.165) is 5.56 Å². The molecular formula is C22H19Cl2NO4. The summed E-state index contributed by atoms with van der Waals surface area (Å²) in [4.78, 5) is 27.0. The molecule has 0 saturated carbocycles. The Hall–Kier alpha value is -2.76. The van der Waals surface area contributed by atoms with Gasteiger partial charge in [0.25, 0.3) is 0 Å². The number of carbonyl (C=O) groups excluding carboxylic acids is 2. The smallest absolute Gasteiger partial charge is 0.336 e. The van der Waals surface area contributed by atoms with Gasteiger partial charge in [0.05, 0.1) is 41.3 Å². The van der Waals surface area contributed by atoms with E-state index in [-0.39, 0.29) is 0 Å². The van der Waals surface area contributed by atoms with E-state index >= 15 is 0 Å². The molecule has 0 atom stereocenters. The van der Waals surface area contributed by atoms with Crippen molar-refractivity contribution in [3.05, 3.63) is 93.2 Å². The summed E-state index contributed by atoms with van der Waals surface area (Å²) in [6.45, 7) is 0.468. The molecule has 0 saturated heterocycles. The van der Waals surface area contributed by atoms with Crippen LogP contribution >= 0.6 is 23.2 Å². The van der Waals surface area contributed by atoms with Crippen LogP contribution in [0.1, 0.15) is 17.0 Å². The Morgan fingerprint density at radius 3 is 2.00 bits per heavy atom. The summed E-state index contributed by atoms with van der Waals surface area (Å²) in [6.07, 6.45) is 3.36. The first-order valence-corrected chi connectivity index (χ1v) is 9.55. The van der Waals surface area contributed by atoms with E-state index in [4.69, 9.17) is 32.7 Å². The Labute approximate surface area is 179 Å². The molecule has 1 heterocycles. The second-order valence-corrected chi connectivity index (χ2v) is 7.23. The maximum Gasteiger partial charge on any atom is 0.336 e. The largest absolute Gasteiger partial charge is 0.466 e. The number of nitrogens with zero attached hydrogens (tertiary/aromatic N) is 1. The van der Waals surface area contributed by atoms with Gasteiger partial charge in [-0.1, -0.05) is 59.6 Å². The fraction of sp³-hybridized carbons (Fsp3) is 0.182. The van der Waals surface area contributed by atoms with Crippen LogP contribution in [0.2, 0.25) is 10.0 Å². The number of hydrogen-bond acceptors (Lipinski definition) is 5. The predicted molar refractivity (Wildman–Crippen MR) is 111 cm³/mol. The molecule has 150 valence electrons. The maximum absolute atomic E-state index is 12.6. The van der Waals surface area contributed by atoms with Crippen LogP contribution in [0.25, 0.3) is 0 Å². The summed E-state index contributed by atoms with van der Waals surface area (Å²) in [6, 6.07) is 14.7. The fourth-order valence-corrected chi connectivity index (χ4v) is 3.53.